The molecule has 3 aromatic heterocycles. The number of para-hydroxylation sites is 3. The number of thiazole rings is 1. The van der Waals surface area contributed by atoms with Crippen molar-refractivity contribution in [1.82, 2.24) is 9.55 Å². The average molecular weight is 683 g/mol. The summed E-state index contributed by atoms with van der Waals surface area (Å²) in [4.78, 5) is 4.94. The standard InChI is InChI=1S/C46H40N3OS/c1-27(2)35-24-32(30-14-8-7-9-15-30)25-36(28(3)4)43(35)49-39-18-12-11-17-38(39)48(6)46(49)42-29(5)20-22-34-33-23-21-31(26-40(33)50-44(34)42)45-47-37-16-10-13-19-41(37)51-45/h7-28H,1-6H3/q+1. The number of furan rings is 1. The van der Waals surface area contributed by atoms with Crippen LogP contribution in [0.15, 0.2) is 126 Å². The van der Waals surface area contributed by atoms with Gasteiger partial charge in [-0.2, -0.15) is 4.57 Å². The lowest BCUT2D eigenvalue weighted by Gasteiger charge is -2.21. The molecule has 0 bridgehead atoms. The van der Waals surface area contributed by atoms with Gasteiger partial charge in [0.05, 0.1) is 17.3 Å². The minimum Gasteiger partial charge on any atom is -0.455 e. The number of imidazole rings is 1. The maximum atomic E-state index is 6.98. The molecule has 0 radical (unpaired) electrons. The van der Waals surface area contributed by atoms with Crippen LogP contribution in [0.3, 0.4) is 0 Å². The molecule has 5 heteroatoms. The summed E-state index contributed by atoms with van der Waals surface area (Å²) in [6.45, 7) is 11.5. The first-order chi connectivity index (χ1) is 24.8. The van der Waals surface area contributed by atoms with Gasteiger partial charge in [-0.15, -0.1) is 11.3 Å². The Morgan fingerprint density at radius 3 is 2.12 bits per heavy atom. The SMILES string of the molecule is Cc1ccc2c(oc3cc(-c4nc5ccccc5s4)ccc32)c1-c1n(-c2c(C(C)C)cc(-c3ccccc3)cc2C(C)C)c2ccccc2[n+]1C. The first-order valence-electron chi connectivity index (χ1n) is 17.8. The van der Waals surface area contributed by atoms with E-state index in [0.29, 0.717) is 11.8 Å². The van der Waals surface area contributed by atoms with Crippen LogP contribution in [-0.2, 0) is 7.05 Å². The largest absolute Gasteiger partial charge is 0.455 e. The first kappa shape index (κ1) is 31.5. The van der Waals surface area contributed by atoms with Crippen LogP contribution in [0.1, 0.15) is 56.2 Å². The summed E-state index contributed by atoms with van der Waals surface area (Å²) in [6, 6.07) is 43.7. The fourth-order valence-electron chi connectivity index (χ4n) is 7.78. The minimum atomic E-state index is 0.296. The van der Waals surface area contributed by atoms with Crippen LogP contribution in [-0.4, -0.2) is 9.55 Å². The van der Waals surface area contributed by atoms with Crippen LogP contribution < -0.4 is 4.57 Å². The molecule has 0 aliphatic heterocycles. The van der Waals surface area contributed by atoms with E-state index < -0.39 is 0 Å². The summed E-state index contributed by atoms with van der Waals surface area (Å²) >= 11 is 1.72. The molecular weight excluding hydrogens is 643 g/mol. The number of nitrogens with zero attached hydrogens (tertiary/aromatic N) is 3. The van der Waals surface area contributed by atoms with Gasteiger partial charge in [0.2, 0.25) is 0 Å². The van der Waals surface area contributed by atoms with Gasteiger partial charge in [-0.1, -0.05) is 100 Å². The maximum Gasteiger partial charge on any atom is 0.299 e. The highest BCUT2D eigenvalue weighted by atomic mass is 32.1. The molecule has 0 atom stereocenters. The monoisotopic (exact) mass is 682 g/mol. The van der Waals surface area contributed by atoms with E-state index in [4.69, 9.17) is 9.40 Å². The minimum absolute atomic E-state index is 0.296. The van der Waals surface area contributed by atoms with Gasteiger partial charge in [0, 0.05) is 27.5 Å². The third kappa shape index (κ3) is 5.02. The molecule has 250 valence electrons. The third-order valence-corrected chi connectivity index (χ3v) is 11.5. The van der Waals surface area contributed by atoms with Gasteiger partial charge in [0.25, 0.3) is 5.82 Å². The van der Waals surface area contributed by atoms with E-state index in [9.17, 15) is 0 Å². The van der Waals surface area contributed by atoms with Crippen LogP contribution in [0, 0.1) is 6.92 Å². The van der Waals surface area contributed by atoms with Crippen molar-refractivity contribution in [3.63, 3.8) is 0 Å². The molecule has 0 unspecified atom stereocenters. The van der Waals surface area contributed by atoms with Crippen molar-refractivity contribution >= 4 is 54.5 Å². The van der Waals surface area contributed by atoms with Crippen molar-refractivity contribution in [1.29, 1.82) is 0 Å². The Labute approximate surface area is 302 Å². The van der Waals surface area contributed by atoms with Crippen molar-refractivity contribution < 1.29 is 8.98 Å². The second-order valence-corrected chi connectivity index (χ2v) is 15.4. The van der Waals surface area contributed by atoms with Gasteiger partial charge in [0.1, 0.15) is 21.8 Å². The zero-order valence-electron chi connectivity index (χ0n) is 29.9. The topological polar surface area (TPSA) is 34.8 Å². The smallest absolute Gasteiger partial charge is 0.299 e. The quantitative estimate of drug-likeness (QED) is 0.164. The predicted octanol–water partition coefficient (Wildman–Crippen LogP) is 12.5. The summed E-state index contributed by atoms with van der Waals surface area (Å²) in [6.07, 6.45) is 0. The molecule has 0 saturated carbocycles. The fraction of sp³-hybridized carbons (Fsp3) is 0.174. The second kappa shape index (κ2) is 12.1. The van der Waals surface area contributed by atoms with Crippen molar-refractivity contribution in [3.05, 3.63) is 138 Å². The van der Waals surface area contributed by atoms with Gasteiger partial charge in [0.15, 0.2) is 16.6 Å². The Balaban J connectivity index is 1.34. The number of rotatable bonds is 6. The van der Waals surface area contributed by atoms with Crippen LogP contribution in [0.25, 0.3) is 82.0 Å². The van der Waals surface area contributed by atoms with Crippen molar-refractivity contribution in [2.45, 2.75) is 46.5 Å². The Bertz CT molecular complexity index is 2720. The van der Waals surface area contributed by atoms with Crippen LogP contribution in [0.4, 0.5) is 0 Å². The second-order valence-electron chi connectivity index (χ2n) is 14.3. The fourth-order valence-corrected chi connectivity index (χ4v) is 8.74. The van der Waals surface area contributed by atoms with Crippen molar-refractivity contribution in [2.75, 3.05) is 0 Å². The highest BCUT2D eigenvalue weighted by Gasteiger charge is 2.34. The van der Waals surface area contributed by atoms with E-state index in [1.807, 2.05) is 6.07 Å². The Morgan fingerprint density at radius 2 is 1.37 bits per heavy atom. The lowest BCUT2D eigenvalue weighted by molar-refractivity contribution is -0.633. The molecule has 0 N–H and O–H groups in total. The average Bonchev–Trinajstić information content (AvgIpc) is 3.83. The molecule has 0 spiro atoms. The molecular formula is C46H40N3OS+. The first-order valence-corrected chi connectivity index (χ1v) is 18.7. The number of hydrogen-bond acceptors (Lipinski definition) is 3. The van der Waals surface area contributed by atoms with Crippen LogP contribution in [0.5, 0.6) is 0 Å². The van der Waals surface area contributed by atoms with Crippen molar-refractivity contribution in [2.24, 2.45) is 7.05 Å². The van der Waals surface area contributed by atoms with Crippen molar-refractivity contribution in [3.8, 4) is 38.8 Å². The summed E-state index contributed by atoms with van der Waals surface area (Å²) in [7, 11) is 2.20. The summed E-state index contributed by atoms with van der Waals surface area (Å²) < 4.78 is 13.0. The number of aromatic nitrogens is 3. The Hall–Kier alpha value is -5.52. The number of hydrogen-bond donors (Lipinski definition) is 0. The lowest BCUT2D eigenvalue weighted by Crippen LogP contribution is -2.30. The summed E-state index contributed by atoms with van der Waals surface area (Å²) in [5.41, 5.74) is 14.9. The van der Waals surface area contributed by atoms with E-state index in [-0.39, 0.29) is 0 Å². The Kier molecular flexibility index (Phi) is 7.44. The molecule has 9 rings (SSSR count). The van der Waals surface area contributed by atoms with Gasteiger partial charge in [-0.05, 0) is 84.0 Å². The molecule has 9 aromatic rings. The molecule has 6 aromatic carbocycles. The molecule has 4 nitrogen and oxygen atoms in total. The normalized spacial score (nSPS) is 12.1. The van der Waals surface area contributed by atoms with Crippen LogP contribution in [0.2, 0.25) is 0 Å². The molecule has 51 heavy (non-hydrogen) atoms. The number of fused-ring (bicyclic) bond motifs is 5. The summed E-state index contributed by atoms with van der Waals surface area (Å²) in [5.74, 6) is 1.70. The Morgan fingerprint density at radius 1 is 0.686 bits per heavy atom. The van der Waals surface area contributed by atoms with Crippen LogP contribution >= 0.6 is 11.3 Å². The van der Waals surface area contributed by atoms with Gasteiger partial charge < -0.3 is 4.42 Å². The molecule has 0 aliphatic carbocycles. The molecule has 0 amide bonds. The zero-order chi connectivity index (χ0) is 35.0. The number of benzene rings is 6. The summed E-state index contributed by atoms with van der Waals surface area (Å²) in [5, 5.41) is 3.23. The molecule has 0 aliphatic rings. The van der Waals surface area contributed by atoms with E-state index in [0.717, 1.165) is 49.4 Å². The highest BCUT2D eigenvalue weighted by molar-refractivity contribution is 7.21. The van der Waals surface area contributed by atoms with E-state index >= 15 is 0 Å². The number of aryl methyl sites for hydroxylation is 2. The predicted molar refractivity (Wildman–Crippen MR) is 214 cm³/mol. The van der Waals surface area contributed by atoms with E-state index in [1.165, 1.54) is 49.2 Å². The molecule has 0 saturated heterocycles. The zero-order valence-corrected chi connectivity index (χ0v) is 30.7. The molecule has 3 heterocycles. The van der Waals surface area contributed by atoms with Gasteiger partial charge in [-0.3, -0.25) is 0 Å². The lowest BCUT2D eigenvalue weighted by atomic mass is 9.88. The van der Waals surface area contributed by atoms with E-state index in [2.05, 4.69) is 166 Å². The van der Waals surface area contributed by atoms with Gasteiger partial charge >= 0.3 is 0 Å². The third-order valence-electron chi connectivity index (χ3n) is 10.4. The highest BCUT2D eigenvalue weighted by Crippen LogP contribution is 2.44. The maximum absolute atomic E-state index is 6.98. The van der Waals surface area contributed by atoms with E-state index in [1.54, 1.807) is 11.3 Å². The van der Waals surface area contributed by atoms with Gasteiger partial charge in [-0.25, -0.2) is 9.55 Å². The molecule has 0 fully saturated rings.